The molecule has 0 aromatic carbocycles. The van der Waals surface area contributed by atoms with E-state index in [0.717, 1.165) is 11.1 Å². The van der Waals surface area contributed by atoms with Crippen LogP contribution < -0.4 is 5.32 Å². The van der Waals surface area contributed by atoms with Gasteiger partial charge in [-0.2, -0.15) is 5.26 Å². The number of nitriles is 1. The molecule has 0 aliphatic rings. The van der Waals surface area contributed by atoms with E-state index in [1.54, 1.807) is 18.6 Å². The molecular weight excluding hydrogens is 224 g/mol. The summed E-state index contributed by atoms with van der Waals surface area (Å²) < 4.78 is 0. The average Bonchev–Trinajstić information content (AvgIpc) is 2.40. The lowest BCUT2D eigenvalue weighted by atomic mass is 10.1. The van der Waals surface area contributed by atoms with E-state index in [2.05, 4.69) is 21.4 Å². The fourth-order valence-corrected chi connectivity index (χ4v) is 1.75. The molecule has 0 aliphatic carbocycles. The number of rotatable bonds is 3. The minimum absolute atomic E-state index is 0.0781. The van der Waals surface area contributed by atoms with Crippen molar-refractivity contribution in [3.05, 3.63) is 53.5 Å². The van der Waals surface area contributed by atoms with Gasteiger partial charge in [0, 0.05) is 18.6 Å². The Kier molecular flexibility index (Phi) is 3.54. The molecule has 2 heterocycles. The van der Waals surface area contributed by atoms with Crippen molar-refractivity contribution in [1.82, 2.24) is 9.97 Å². The van der Waals surface area contributed by atoms with Crippen LogP contribution in [-0.2, 0) is 0 Å². The van der Waals surface area contributed by atoms with Crippen LogP contribution in [0, 0.1) is 18.3 Å². The highest BCUT2D eigenvalue weighted by atomic mass is 15.0. The Morgan fingerprint density at radius 1 is 1.22 bits per heavy atom. The molecule has 4 heteroatoms. The summed E-state index contributed by atoms with van der Waals surface area (Å²) in [6, 6.07) is 7.98. The smallest absolute Gasteiger partial charge is 0.144 e. The van der Waals surface area contributed by atoms with E-state index in [-0.39, 0.29) is 6.04 Å². The van der Waals surface area contributed by atoms with Crippen molar-refractivity contribution < 1.29 is 0 Å². The van der Waals surface area contributed by atoms with Gasteiger partial charge >= 0.3 is 0 Å². The number of aromatic nitrogens is 2. The summed E-state index contributed by atoms with van der Waals surface area (Å²) in [4.78, 5) is 8.21. The number of aryl methyl sites for hydroxylation is 1. The van der Waals surface area contributed by atoms with Gasteiger partial charge in [-0.3, -0.25) is 4.98 Å². The van der Waals surface area contributed by atoms with Crippen molar-refractivity contribution in [2.24, 2.45) is 0 Å². The molecule has 18 heavy (non-hydrogen) atoms. The van der Waals surface area contributed by atoms with Crippen LogP contribution in [-0.4, -0.2) is 9.97 Å². The Bertz CT molecular complexity index is 572. The molecule has 0 spiro atoms. The number of anilines is 1. The third kappa shape index (κ3) is 2.46. The van der Waals surface area contributed by atoms with Crippen LogP contribution in [0.5, 0.6) is 0 Å². The van der Waals surface area contributed by atoms with Gasteiger partial charge < -0.3 is 5.32 Å². The Labute approximate surface area is 106 Å². The summed E-state index contributed by atoms with van der Waals surface area (Å²) in [5.41, 5.74) is 2.63. The average molecular weight is 238 g/mol. The van der Waals surface area contributed by atoms with E-state index >= 15 is 0 Å². The van der Waals surface area contributed by atoms with Crippen LogP contribution in [0.2, 0.25) is 0 Å². The maximum Gasteiger partial charge on any atom is 0.144 e. The minimum Gasteiger partial charge on any atom is -0.362 e. The minimum atomic E-state index is 0.0781. The molecule has 0 aliphatic heterocycles. The highest BCUT2D eigenvalue weighted by Crippen LogP contribution is 2.21. The maximum atomic E-state index is 9.14. The van der Waals surface area contributed by atoms with Gasteiger partial charge in [0.05, 0.1) is 11.6 Å². The summed E-state index contributed by atoms with van der Waals surface area (Å²) >= 11 is 0. The first-order chi connectivity index (χ1) is 8.72. The zero-order valence-corrected chi connectivity index (χ0v) is 10.4. The SMILES string of the molecule is Cc1ccnc(NC(C)c2ccncc2)c1C#N. The quantitative estimate of drug-likeness (QED) is 0.893. The van der Waals surface area contributed by atoms with E-state index in [1.807, 2.05) is 32.0 Å². The molecule has 1 unspecified atom stereocenters. The molecule has 0 saturated heterocycles. The van der Waals surface area contributed by atoms with Gasteiger partial charge in [-0.05, 0) is 43.2 Å². The second-order valence-corrected chi connectivity index (χ2v) is 4.11. The van der Waals surface area contributed by atoms with Crippen LogP contribution in [0.15, 0.2) is 36.8 Å². The Morgan fingerprint density at radius 3 is 2.61 bits per heavy atom. The predicted molar refractivity (Wildman–Crippen MR) is 70.0 cm³/mol. The first-order valence-electron chi connectivity index (χ1n) is 5.74. The Hall–Kier alpha value is -2.41. The summed E-state index contributed by atoms with van der Waals surface area (Å²) in [5.74, 6) is 0.627. The third-order valence-electron chi connectivity index (χ3n) is 2.83. The first-order valence-corrected chi connectivity index (χ1v) is 5.74. The maximum absolute atomic E-state index is 9.14. The van der Waals surface area contributed by atoms with Gasteiger partial charge in [0.2, 0.25) is 0 Å². The van der Waals surface area contributed by atoms with Crippen LogP contribution in [0.3, 0.4) is 0 Å². The molecule has 90 valence electrons. The van der Waals surface area contributed by atoms with Gasteiger partial charge in [0.25, 0.3) is 0 Å². The second-order valence-electron chi connectivity index (χ2n) is 4.11. The van der Waals surface area contributed by atoms with Gasteiger partial charge in [-0.15, -0.1) is 0 Å². The fourth-order valence-electron chi connectivity index (χ4n) is 1.75. The molecule has 2 aromatic rings. The molecular formula is C14H14N4. The fraction of sp³-hybridized carbons (Fsp3) is 0.214. The number of nitrogens with zero attached hydrogens (tertiary/aromatic N) is 3. The number of pyridine rings is 2. The van der Waals surface area contributed by atoms with Gasteiger partial charge in [-0.1, -0.05) is 0 Å². The zero-order chi connectivity index (χ0) is 13.0. The Morgan fingerprint density at radius 2 is 1.94 bits per heavy atom. The summed E-state index contributed by atoms with van der Waals surface area (Å²) in [6.07, 6.45) is 5.21. The molecule has 1 N–H and O–H groups in total. The number of hydrogen-bond donors (Lipinski definition) is 1. The lowest BCUT2D eigenvalue weighted by Crippen LogP contribution is -2.09. The lowest BCUT2D eigenvalue weighted by Gasteiger charge is -2.16. The normalized spacial score (nSPS) is 11.6. The summed E-state index contributed by atoms with van der Waals surface area (Å²) in [7, 11) is 0. The predicted octanol–water partition coefficient (Wildman–Crippen LogP) is 2.83. The van der Waals surface area contributed by atoms with Gasteiger partial charge in [0.1, 0.15) is 11.9 Å². The molecule has 1 atom stereocenters. The van der Waals surface area contributed by atoms with Crippen molar-refractivity contribution in [3.63, 3.8) is 0 Å². The Balaban J connectivity index is 2.25. The molecule has 0 amide bonds. The summed E-state index contributed by atoms with van der Waals surface area (Å²) in [5, 5.41) is 12.4. The number of hydrogen-bond acceptors (Lipinski definition) is 4. The van der Waals surface area contributed by atoms with E-state index in [9.17, 15) is 0 Å². The van der Waals surface area contributed by atoms with E-state index in [1.165, 1.54) is 0 Å². The van der Waals surface area contributed by atoms with Crippen LogP contribution >= 0.6 is 0 Å². The topological polar surface area (TPSA) is 61.6 Å². The monoisotopic (exact) mass is 238 g/mol. The molecule has 4 nitrogen and oxygen atoms in total. The standard InChI is InChI=1S/C14H14N4/c1-10-3-8-17-14(13(10)9-15)18-11(2)12-4-6-16-7-5-12/h3-8,11H,1-2H3,(H,17,18). The highest BCUT2D eigenvalue weighted by molar-refractivity contribution is 5.56. The van der Waals surface area contributed by atoms with Crippen LogP contribution in [0.25, 0.3) is 0 Å². The van der Waals surface area contributed by atoms with Crippen molar-refractivity contribution in [2.75, 3.05) is 5.32 Å². The van der Waals surface area contributed by atoms with Crippen LogP contribution in [0.1, 0.15) is 29.7 Å². The van der Waals surface area contributed by atoms with Crippen molar-refractivity contribution in [3.8, 4) is 6.07 Å². The van der Waals surface area contributed by atoms with Crippen LogP contribution in [0.4, 0.5) is 5.82 Å². The third-order valence-corrected chi connectivity index (χ3v) is 2.83. The molecule has 0 saturated carbocycles. The number of nitrogens with one attached hydrogen (secondary N) is 1. The molecule has 0 radical (unpaired) electrons. The van der Waals surface area contributed by atoms with Crippen molar-refractivity contribution in [2.45, 2.75) is 19.9 Å². The lowest BCUT2D eigenvalue weighted by molar-refractivity contribution is 0.869. The molecule has 0 bridgehead atoms. The second kappa shape index (κ2) is 5.28. The van der Waals surface area contributed by atoms with E-state index < -0.39 is 0 Å². The van der Waals surface area contributed by atoms with Crippen molar-refractivity contribution >= 4 is 5.82 Å². The van der Waals surface area contributed by atoms with Gasteiger partial charge in [-0.25, -0.2) is 4.98 Å². The molecule has 0 fully saturated rings. The molecule has 2 aromatic heterocycles. The first kappa shape index (κ1) is 12.1. The summed E-state index contributed by atoms with van der Waals surface area (Å²) in [6.45, 7) is 3.93. The van der Waals surface area contributed by atoms with E-state index in [4.69, 9.17) is 5.26 Å². The van der Waals surface area contributed by atoms with Gasteiger partial charge in [0.15, 0.2) is 0 Å². The van der Waals surface area contributed by atoms with E-state index in [0.29, 0.717) is 11.4 Å². The highest BCUT2D eigenvalue weighted by Gasteiger charge is 2.10. The van der Waals surface area contributed by atoms with Crippen molar-refractivity contribution in [1.29, 1.82) is 5.26 Å². The molecule has 2 rings (SSSR count). The largest absolute Gasteiger partial charge is 0.362 e. The zero-order valence-electron chi connectivity index (χ0n) is 10.4.